The summed E-state index contributed by atoms with van der Waals surface area (Å²) in [5.74, 6) is -0.0911. The summed E-state index contributed by atoms with van der Waals surface area (Å²) in [4.78, 5) is 0. The smallest absolute Gasteiger partial charge is 0.0809 e. The van der Waals surface area contributed by atoms with E-state index in [2.05, 4.69) is 22.6 Å². The molecule has 0 heterocycles. The lowest BCUT2D eigenvalue weighted by Gasteiger charge is -2.17. The molecule has 0 saturated carbocycles. The van der Waals surface area contributed by atoms with Crippen LogP contribution in [0, 0.1) is 3.57 Å². The van der Waals surface area contributed by atoms with Crippen molar-refractivity contribution < 1.29 is 0 Å². The Hall–Kier alpha value is -2.23. The Morgan fingerprint density at radius 3 is 1.55 bits per heavy atom. The number of hydrogen-bond acceptors (Lipinski definition) is 7. The third kappa shape index (κ3) is 1.50. The van der Waals surface area contributed by atoms with Gasteiger partial charge in [0.25, 0.3) is 0 Å². The van der Waals surface area contributed by atoms with Gasteiger partial charge >= 0.3 is 0 Å². The van der Waals surface area contributed by atoms with Gasteiger partial charge in [-0.15, -0.1) is 0 Å². The zero-order valence-corrected chi connectivity index (χ0v) is 14.2. The quantitative estimate of drug-likeness (QED) is 0.253. The number of anilines is 7. The van der Waals surface area contributed by atoms with E-state index in [0.29, 0.717) is 39.6 Å². The van der Waals surface area contributed by atoms with Crippen LogP contribution in [0.4, 0.5) is 39.8 Å². The summed E-state index contributed by atoms with van der Waals surface area (Å²) < 4.78 is 0.728. The van der Waals surface area contributed by atoms with Gasteiger partial charge in [0.1, 0.15) is 0 Å². The molecule has 0 fully saturated rings. The van der Waals surface area contributed by atoms with Crippen LogP contribution in [0.15, 0.2) is 0 Å². The van der Waals surface area contributed by atoms with Crippen molar-refractivity contribution in [2.75, 3.05) is 40.1 Å². The predicted octanol–water partition coefficient (Wildman–Crippen LogP) is 1.50. The molecule has 0 bridgehead atoms. The normalized spacial score (nSPS) is 15.6. The van der Waals surface area contributed by atoms with E-state index < -0.39 is 0 Å². The summed E-state index contributed by atoms with van der Waals surface area (Å²) in [5, 5.41) is 0. The predicted molar refractivity (Wildman–Crippen MR) is 103 cm³/mol. The third-order valence-corrected chi connectivity index (χ3v) is 5.57. The first-order valence-electron chi connectivity index (χ1n) is 6.61. The molecule has 0 aliphatic heterocycles. The Bertz CT molecular complexity index is 775. The Labute approximate surface area is 141 Å². The molecule has 8 heteroatoms. The lowest BCUT2D eigenvalue weighted by atomic mass is 9.95. The largest absolute Gasteiger partial charge is 0.398 e. The van der Waals surface area contributed by atoms with E-state index in [4.69, 9.17) is 40.1 Å². The number of benzene rings is 2. The number of halogens is 1. The van der Waals surface area contributed by atoms with Crippen LogP contribution in [0.5, 0.6) is 0 Å². The number of rotatable bonds is 0. The fourth-order valence-electron chi connectivity index (χ4n) is 3.23. The van der Waals surface area contributed by atoms with E-state index in [0.717, 1.165) is 14.7 Å². The van der Waals surface area contributed by atoms with Crippen LogP contribution in [0.25, 0.3) is 11.1 Å². The van der Waals surface area contributed by atoms with Crippen LogP contribution in [0.3, 0.4) is 0 Å². The molecule has 3 rings (SSSR count). The fourth-order valence-corrected chi connectivity index (χ4v) is 3.81. The number of nitrogen functional groups attached to an aromatic ring is 7. The van der Waals surface area contributed by atoms with E-state index >= 15 is 0 Å². The summed E-state index contributed by atoms with van der Waals surface area (Å²) in [6, 6.07) is 0. The maximum absolute atomic E-state index is 6.26. The lowest BCUT2D eigenvalue weighted by Crippen LogP contribution is -2.08. The Morgan fingerprint density at radius 1 is 0.591 bits per heavy atom. The van der Waals surface area contributed by atoms with Gasteiger partial charge in [-0.3, -0.25) is 0 Å². The van der Waals surface area contributed by atoms with Gasteiger partial charge in [-0.1, -0.05) is 6.92 Å². The van der Waals surface area contributed by atoms with Crippen molar-refractivity contribution in [1.82, 2.24) is 0 Å². The summed E-state index contributed by atoms with van der Waals surface area (Å²) in [6.45, 7) is 1.98. The van der Waals surface area contributed by atoms with Crippen molar-refractivity contribution in [3.63, 3.8) is 0 Å². The van der Waals surface area contributed by atoms with Crippen LogP contribution in [-0.2, 0) is 0 Å². The zero-order valence-electron chi connectivity index (χ0n) is 12.0. The SMILES string of the molecule is CC1c2c(N)c(N)c(N)c(N)c2-c2c(N)c(N)c(I)c(N)c21. The summed E-state index contributed by atoms with van der Waals surface area (Å²) in [6.07, 6.45) is 0. The Balaban J connectivity index is 2.56. The van der Waals surface area contributed by atoms with Crippen LogP contribution in [-0.4, -0.2) is 0 Å². The van der Waals surface area contributed by atoms with Gasteiger partial charge in [-0.25, -0.2) is 0 Å². The van der Waals surface area contributed by atoms with Crippen LogP contribution < -0.4 is 40.1 Å². The molecule has 1 aliphatic carbocycles. The number of nitrogens with two attached hydrogens (primary N) is 7. The van der Waals surface area contributed by atoms with Gasteiger partial charge in [0.15, 0.2) is 0 Å². The zero-order chi connectivity index (χ0) is 16.5. The molecule has 22 heavy (non-hydrogen) atoms. The molecule has 1 aliphatic rings. The molecular weight excluding hydrogens is 393 g/mol. The Morgan fingerprint density at radius 2 is 1.00 bits per heavy atom. The maximum atomic E-state index is 6.26. The molecule has 1 unspecified atom stereocenters. The van der Waals surface area contributed by atoms with E-state index in [1.54, 1.807) is 0 Å². The molecule has 0 amide bonds. The minimum atomic E-state index is -0.0911. The Kier molecular flexibility index (Phi) is 2.93. The molecule has 116 valence electrons. The summed E-state index contributed by atoms with van der Waals surface area (Å²) in [7, 11) is 0. The van der Waals surface area contributed by atoms with E-state index in [1.807, 2.05) is 6.92 Å². The van der Waals surface area contributed by atoms with Gasteiger partial charge in [-0.2, -0.15) is 0 Å². The second-order valence-corrected chi connectivity index (χ2v) is 6.59. The minimum absolute atomic E-state index is 0.0911. The first-order chi connectivity index (χ1) is 10.2. The maximum Gasteiger partial charge on any atom is 0.0809 e. The molecule has 2 aromatic carbocycles. The first-order valence-corrected chi connectivity index (χ1v) is 7.69. The molecule has 0 spiro atoms. The van der Waals surface area contributed by atoms with Gasteiger partial charge in [0.2, 0.25) is 0 Å². The topological polar surface area (TPSA) is 182 Å². The number of hydrogen-bond donors (Lipinski definition) is 7. The molecule has 14 N–H and O–H groups in total. The van der Waals surface area contributed by atoms with E-state index in [9.17, 15) is 0 Å². The average Bonchev–Trinajstić information content (AvgIpc) is 2.80. The van der Waals surface area contributed by atoms with Crippen molar-refractivity contribution in [3.8, 4) is 11.1 Å². The highest BCUT2D eigenvalue weighted by atomic mass is 127. The number of fused-ring (bicyclic) bond motifs is 3. The average molecular weight is 411 g/mol. The highest BCUT2D eigenvalue weighted by molar-refractivity contribution is 14.1. The third-order valence-electron chi connectivity index (χ3n) is 4.41. The van der Waals surface area contributed by atoms with Crippen molar-refractivity contribution in [1.29, 1.82) is 0 Å². The first kappa shape index (κ1) is 14.7. The minimum Gasteiger partial charge on any atom is -0.398 e. The highest BCUT2D eigenvalue weighted by Crippen LogP contribution is 2.58. The fraction of sp³-hybridized carbons (Fsp3) is 0.143. The van der Waals surface area contributed by atoms with Gasteiger partial charge < -0.3 is 40.1 Å². The van der Waals surface area contributed by atoms with Crippen LogP contribution in [0.2, 0.25) is 0 Å². The van der Waals surface area contributed by atoms with Gasteiger partial charge in [0.05, 0.1) is 43.4 Å². The van der Waals surface area contributed by atoms with Crippen molar-refractivity contribution in [2.45, 2.75) is 12.8 Å². The van der Waals surface area contributed by atoms with Gasteiger partial charge in [-0.05, 0) is 33.7 Å². The molecule has 0 radical (unpaired) electrons. The molecule has 0 saturated heterocycles. The van der Waals surface area contributed by atoms with E-state index in [1.165, 1.54) is 0 Å². The molecule has 7 nitrogen and oxygen atoms in total. The highest BCUT2D eigenvalue weighted by Gasteiger charge is 2.36. The van der Waals surface area contributed by atoms with E-state index in [-0.39, 0.29) is 17.3 Å². The molecule has 2 aromatic rings. The summed E-state index contributed by atoms with van der Waals surface area (Å²) in [5.41, 5.74) is 48.7. The van der Waals surface area contributed by atoms with Crippen molar-refractivity contribution >= 4 is 62.4 Å². The molecule has 1 atom stereocenters. The van der Waals surface area contributed by atoms with Gasteiger partial charge in [0, 0.05) is 17.0 Å². The second-order valence-electron chi connectivity index (χ2n) is 5.51. The van der Waals surface area contributed by atoms with Crippen molar-refractivity contribution in [3.05, 3.63) is 14.7 Å². The summed E-state index contributed by atoms with van der Waals surface area (Å²) >= 11 is 2.09. The monoisotopic (exact) mass is 411 g/mol. The molecule has 0 aromatic heterocycles. The standard InChI is InChI=1S/C14H18IN7/c1-2-3-5(10(18)12(20)7(15)8(3)16)6-4(2)9(17)13(21)14(22)11(6)19/h2H,16-22H2,1H3. The van der Waals surface area contributed by atoms with Crippen molar-refractivity contribution in [2.24, 2.45) is 0 Å². The lowest BCUT2D eigenvalue weighted by molar-refractivity contribution is 0.963. The van der Waals surface area contributed by atoms with Crippen LogP contribution in [0.1, 0.15) is 24.0 Å². The molecular formula is C14H18IN7. The van der Waals surface area contributed by atoms with Crippen LogP contribution >= 0.6 is 22.6 Å². The second kappa shape index (κ2) is 4.38.